The number of pyridine rings is 1. The van der Waals surface area contributed by atoms with E-state index in [0.717, 1.165) is 26.8 Å². The standard InChI is InChI=1S/C31H30N4O4S/c1-18(28(32)36)16-35-17-24-22(8-6-9-23(24)30(35)38)19-11-12-25-20(13-19)14-26(40-25)29(37)33-15-21-7-5-10-27(34-21)39-31(2,3)4/h5-14H,1,15-17H2,2-4H3,(H2,32,36)(H,33,37). The third-order valence-corrected chi connectivity index (χ3v) is 7.56. The van der Waals surface area contributed by atoms with Crippen LogP contribution in [0.25, 0.3) is 21.2 Å². The Morgan fingerprint density at radius 2 is 1.85 bits per heavy atom. The molecule has 2 aromatic heterocycles. The van der Waals surface area contributed by atoms with Crippen LogP contribution >= 0.6 is 11.3 Å². The minimum Gasteiger partial charge on any atom is -0.472 e. The molecule has 4 aromatic rings. The fourth-order valence-corrected chi connectivity index (χ4v) is 5.56. The van der Waals surface area contributed by atoms with Crippen molar-refractivity contribution in [3.8, 4) is 17.0 Å². The van der Waals surface area contributed by atoms with Gasteiger partial charge in [-0.15, -0.1) is 11.3 Å². The number of hydrogen-bond acceptors (Lipinski definition) is 6. The van der Waals surface area contributed by atoms with Gasteiger partial charge in [0.25, 0.3) is 11.8 Å². The molecule has 3 amide bonds. The molecule has 5 rings (SSSR count). The molecular weight excluding hydrogens is 524 g/mol. The molecule has 8 nitrogen and oxygen atoms in total. The summed E-state index contributed by atoms with van der Waals surface area (Å²) in [6.07, 6.45) is 0. The third-order valence-electron chi connectivity index (χ3n) is 6.45. The minimum atomic E-state index is -0.619. The van der Waals surface area contributed by atoms with E-state index in [2.05, 4.69) is 16.9 Å². The lowest BCUT2D eigenvalue weighted by molar-refractivity contribution is -0.114. The first-order valence-electron chi connectivity index (χ1n) is 12.8. The highest BCUT2D eigenvalue weighted by molar-refractivity contribution is 7.20. The van der Waals surface area contributed by atoms with E-state index in [1.165, 1.54) is 11.3 Å². The maximum atomic E-state index is 13.0. The number of ether oxygens (including phenoxy) is 1. The maximum absolute atomic E-state index is 13.0. The summed E-state index contributed by atoms with van der Waals surface area (Å²) >= 11 is 1.42. The first-order valence-corrected chi connectivity index (χ1v) is 13.7. The summed E-state index contributed by atoms with van der Waals surface area (Å²) < 4.78 is 6.80. The number of hydrogen-bond donors (Lipinski definition) is 2. The number of nitrogens with one attached hydrogen (secondary N) is 1. The molecule has 0 aliphatic carbocycles. The Labute approximate surface area is 236 Å². The zero-order valence-corrected chi connectivity index (χ0v) is 23.4. The van der Waals surface area contributed by atoms with E-state index in [-0.39, 0.29) is 36.1 Å². The summed E-state index contributed by atoms with van der Waals surface area (Å²) in [5.74, 6) is -0.433. The van der Waals surface area contributed by atoms with Gasteiger partial charge in [0.1, 0.15) is 5.60 Å². The van der Waals surface area contributed by atoms with Crippen LogP contribution in [0.15, 0.2) is 72.8 Å². The molecule has 204 valence electrons. The molecule has 0 fully saturated rings. The second-order valence-electron chi connectivity index (χ2n) is 10.7. The van der Waals surface area contributed by atoms with Gasteiger partial charge in [-0.1, -0.05) is 30.8 Å². The van der Waals surface area contributed by atoms with Crippen LogP contribution in [0.1, 0.15) is 52.1 Å². The van der Waals surface area contributed by atoms with Crippen molar-refractivity contribution < 1.29 is 19.1 Å². The molecule has 2 aromatic carbocycles. The van der Waals surface area contributed by atoms with Crippen molar-refractivity contribution >= 4 is 39.1 Å². The van der Waals surface area contributed by atoms with Gasteiger partial charge in [-0.25, -0.2) is 4.98 Å². The van der Waals surface area contributed by atoms with Crippen LogP contribution < -0.4 is 15.8 Å². The average Bonchev–Trinajstić information content (AvgIpc) is 3.47. The number of fused-ring (bicyclic) bond motifs is 2. The molecule has 0 spiro atoms. The summed E-state index contributed by atoms with van der Waals surface area (Å²) in [7, 11) is 0. The normalized spacial score (nSPS) is 12.9. The molecule has 0 saturated heterocycles. The Bertz CT molecular complexity index is 1670. The number of carbonyl (C=O) groups excluding carboxylic acids is 3. The van der Waals surface area contributed by atoms with Gasteiger partial charge in [0.2, 0.25) is 11.8 Å². The fraction of sp³-hybridized carbons (Fsp3) is 0.226. The van der Waals surface area contributed by atoms with E-state index in [1.807, 2.05) is 69.3 Å². The van der Waals surface area contributed by atoms with Gasteiger partial charge in [0.05, 0.1) is 23.7 Å². The van der Waals surface area contributed by atoms with Crippen LogP contribution in [0.2, 0.25) is 0 Å². The average molecular weight is 555 g/mol. The predicted octanol–water partition coefficient (Wildman–Crippen LogP) is 5.07. The van der Waals surface area contributed by atoms with E-state index in [9.17, 15) is 14.4 Å². The number of nitrogens with zero attached hydrogens (tertiary/aromatic N) is 2. The summed E-state index contributed by atoms with van der Waals surface area (Å²) in [5, 5.41) is 3.89. The largest absolute Gasteiger partial charge is 0.472 e. The van der Waals surface area contributed by atoms with E-state index in [1.54, 1.807) is 17.0 Å². The maximum Gasteiger partial charge on any atom is 0.261 e. The lowest BCUT2D eigenvalue weighted by Gasteiger charge is -2.20. The smallest absolute Gasteiger partial charge is 0.261 e. The number of primary amides is 1. The SMILES string of the molecule is C=C(CN1Cc2c(cccc2-c2ccc3sc(C(=O)NCc4cccc(OC(C)(C)C)n4)cc3c2)C1=O)C(N)=O. The molecule has 0 unspecified atom stereocenters. The number of thiophene rings is 1. The van der Waals surface area contributed by atoms with Crippen molar-refractivity contribution in [2.45, 2.75) is 39.5 Å². The minimum absolute atomic E-state index is 0.0910. The zero-order chi connectivity index (χ0) is 28.6. The van der Waals surface area contributed by atoms with Crippen molar-refractivity contribution in [2.75, 3.05) is 6.54 Å². The van der Waals surface area contributed by atoms with Gasteiger partial charge in [-0.3, -0.25) is 14.4 Å². The lowest BCUT2D eigenvalue weighted by Crippen LogP contribution is -2.30. The van der Waals surface area contributed by atoms with Crippen molar-refractivity contribution in [1.82, 2.24) is 15.2 Å². The third kappa shape index (κ3) is 5.74. The van der Waals surface area contributed by atoms with E-state index in [4.69, 9.17) is 10.5 Å². The first kappa shape index (κ1) is 27.1. The topological polar surface area (TPSA) is 115 Å². The predicted molar refractivity (Wildman–Crippen MR) is 156 cm³/mol. The van der Waals surface area contributed by atoms with Crippen LogP contribution in [0, 0.1) is 0 Å². The molecule has 0 bridgehead atoms. The van der Waals surface area contributed by atoms with Crippen LogP contribution in [-0.4, -0.2) is 39.8 Å². The second kappa shape index (κ2) is 10.6. The number of amides is 3. The quantitative estimate of drug-likeness (QED) is 0.295. The summed E-state index contributed by atoms with van der Waals surface area (Å²) in [6.45, 7) is 10.3. The molecule has 0 saturated carbocycles. The van der Waals surface area contributed by atoms with Gasteiger partial charge in [0.15, 0.2) is 0 Å². The number of carbonyl (C=O) groups is 3. The van der Waals surface area contributed by atoms with Gasteiger partial charge >= 0.3 is 0 Å². The molecule has 1 aliphatic rings. The highest BCUT2D eigenvalue weighted by Crippen LogP contribution is 2.36. The highest BCUT2D eigenvalue weighted by atomic mass is 32.1. The van der Waals surface area contributed by atoms with Crippen molar-refractivity contribution in [3.63, 3.8) is 0 Å². The Balaban J connectivity index is 1.33. The molecule has 1 aliphatic heterocycles. The molecule has 0 radical (unpaired) electrons. The molecule has 3 N–H and O–H groups in total. The van der Waals surface area contributed by atoms with Crippen LogP contribution in [-0.2, 0) is 17.9 Å². The molecule has 3 heterocycles. The van der Waals surface area contributed by atoms with E-state index < -0.39 is 5.91 Å². The highest BCUT2D eigenvalue weighted by Gasteiger charge is 2.30. The monoisotopic (exact) mass is 554 g/mol. The van der Waals surface area contributed by atoms with Gasteiger partial charge in [-0.05, 0) is 73.2 Å². The Hall–Kier alpha value is -4.50. The van der Waals surface area contributed by atoms with Gasteiger partial charge in [0, 0.05) is 28.4 Å². The summed E-state index contributed by atoms with van der Waals surface area (Å²) in [5.41, 5.74) is 9.23. The van der Waals surface area contributed by atoms with Gasteiger partial charge in [-0.2, -0.15) is 0 Å². The van der Waals surface area contributed by atoms with E-state index in [0.29, 0.717) is 28.6 Å². The molecule has 40 heavy (non-hydrogen) atoms. The van der Waals surface area contributed by atoms with Crippen molar-refractivity contribution in [1.29, 1.82) is 0 Å². The molecule has 9 heteroatoms. The molecule has 0 atom stereocenters. The number of rotatable bonds is 8. The van der Waals surface area contributed by atoms with E-state index >= 15 is 0 Å². The number of aromatic nitrogens is 1. The Kier molecular flexibility index (Phi) is 7.16. The second-order valence-corrected chi connectivity index (χ2v) is 11.8. The Morgan fingerprint density at radius 1 is 1.10 bits per heavy atom. The van der Waals surface area contributed by atoms with Gasteiger partial charge < -0.3 is 20.7 Å². The van der Waals surface area contributed by atoms with Crippen molar-refractivity contribution in [3.05, 3.63) is 94.5 Å². The summed E-state index contributed by atoms with van der Waals surface area (Å²) in [4.78, 5) is 44.0. The first-order chi connectivity index (χ1) is 19.0. The lowest BCUT2D eigenvalue weighted by atomic mass is 9.96. The number of benzene rings is 2. The van der Waals surface area contributed by atoms with Crippen LogP contribution in [0.4, 0.5) is 0 Å². The van der Waals surface area contributed by atoms with Crippen LogP contribution in [0.3, 0.4) is 0 Å². The zero-order valence-electron chi connectivity index (χ0n) is 22.6. The fourth-order valence-electron chi connectivity index (χ4n) is 4.60. The molecular formula is C31H30N4O4S. The Morgan fingerprint density at radius 3 is 2.60 bits per heavy atom. The van der Waals surface area contributed by atoms with Crippen molar-refractivity contribution in [2.24, 2.45) is 5.73 Å². The van der Waals surface area contributed by atoms with Crippen LogP contribution in [0.5, 0.6) is 5.88 Å². The number of nitrogens with two attached hydrogens (primary N) is 1. The summed E-state index contributed by atoms with van der Waals surface area (Å²) in [6, 6.07) is 19.0.